The number of carboxylic acid groups (broad SMARTS) is 1. The Kier molecular flexibility index (Phi) is 10.5. The molecule has 30 heavy (non-hydrogen) atoms. The Morgan fingerprint density at radius 2 is 1.70 bits per heavy atom. The van der Waals surface area contributed by atoms with Gasteiger partial charge in [-0.2, -0.15) is 0 Å². The molecule has 0 spiro atoms. The van der Waals surface area contributed by atoms with Crippen LogP contribution in [0.1, 0.15) is 6.42 Å². The van der Waals surface area contributed by atoms with Crippen LogP contribution in [0, 0.1) is 0 Å². The van der Waals surface area contributed by atoms with Gasteiger partial charge in [0.05, 0.1) is 19.3 Å². The topological polar surface area (TPSA) is 250 Å². The van der Waals surface area contributed by atoms with E-state index in [2.05, 4.69) is 0 Å². The predicted octanol–water partition coefficient (Wildman–Crippen LogP) is -10.5. The SMILES string of the molecule is O=C([O-])[C@]1(O)C[C@H](O)[C@@H](O)[C@H]([C@H](O)[C@H](O)CO[C@@H]2O[C@H](CO)[C@H](O)[C@H](O)[C@H]2O)O1.[Na+]. The van der Waals surface area contributed by atoms with Crippen molar-refractivity contribution >= 4 is 5.97 Å². The molecule has 0 aromatic carbocycles. The Balaban J connectivity index is 0.00000450. The molecule has 2 saturated heterocycles. The van der Waals surface area contributed by atoms with Gasteiger partial charge in [0.25, 0.3) is 0 Å². The summed E-state index contributed by atoms with van der Waals surface area (Å²) in [6, 6.07) is 0. The van der Waals surface area contributed by atoms with E-state index < -0.39 is 92.6 Å². The van der Waals surface area contributed by atoms with Crippen molar-refractivity contribution in [3.8, 4) is 0 Å². The largest absolute Gasteiger partial charge is 1.00 e. The van der Waals surface area contributed by atoms with Gasteiger partial charge in [0, 0.05) is 6.42 Å². The third-order valence-corrected chi connectivity index (χ3v) is 4.88. The van der Waals surface area contributed by atoms with Gasteiger partial charge >= 0.3 is 29.6 Å². The molecule has 2 rings (SSSR count). The Labute approximate surface area is 192 Å². The van der Waals surface area contributed by atoms with Crippen molar-refractivity contribution in [3.05, 3.63) is 0 Å². The van der Waals surface area contributed by atoms with Gasteiger partial charge in [-0.3, -0.25) is 0 Å². The molecule has 0 amide bonds. The van der Waals surface area contributed by atoms with Crippen LogP contribution in [-0.2, 0) is 19.0 Å². The third-order valence-electron chi connectivity index (χ3n) is 4.88. The number of aliphatic carboxylic acids is 1. The molecule has 0 unspecified atom stereocenters. The average Bonchev–Trinajstić information content (AvgIpc) is 2.67. The number of hydrogen-bond acceptors (Lipinski definition) is 14. The summed E-state index contributed by atoms with van der Waals surface area (Å²) in [4.78, 5) is 11.0. The minimum absolute atomic E-state index is 0. The Morgan fingerprint density at radius 3 is 2.23 bits per heavy atom. The molecule has 0 aliphatic carbocycles. The van der Waals surface area contributed by atoms with Crippen molar-refractivity contribution in [2.24, 2.45) is 0 Å². The number of rotatable bonds is 7. The fourth-order valence-electron chi connectivity index (χ4n) is 3.09. The molecule has 0 aromatic rings. The molecule has 2 fully saturated rings. The monoisotopic (exact) mass is 452 g/mol. The van der Waals surface area contributed by atoms with Crippen LogP contribution >= 0.6 is 0 Å². The quantitative estimate of drug-likeness (QED) is 0.163. The van der Waals surface area contributed by atoms with E-state index in [9.17, 15) is 50.8 Å². The first-order chi connectivity index (χ1) is 13.4. The number of carboxylic acids is 1. The van der Waals surface area contributed by atoms with Gasteiger partial charge in [-0.15, -0.1) is 0 Å². The fourth-order valence-corrected chi connectivity index (χ4v) is 3.09. The summed E-state index contributed by atoms with van der Waals surface area (Å²) < 4.78 is 14.8. The molecule has 9 N–H and O–H groups in total. The van der Waals surface area contributed by atoms with Gasteiger partial charge in [0.2, 0.25) is 5.79 Å². The second-order valence-electron chi connectivity index (χ2n) is 7.00. The summed E-state index contributed by atoms with van der Waals surface area (Å²) in [5, 5.41) is 98.9. The number of aliphatic hydroxyl groups excluding tert-OH is 8. The molecule has 0 bridgehead atoms. The van der Waals surface area contributed by atoms with E-state index in [1.165, 1.54) is 0 Å². The third kappa shape index (κ3) is 5.86. The maximum Gasteiger partial charge on any atom is 1.00 e. The summed E-state index contributed by atoms with van der Waals surface area (Å²) in [5.74, 6) is -5.16. The second-order valence-corrected chi connectivity index (χ2v) is 7.00. The molecule has 0 saturated carbocycles. The smallest absolute Gasteiger partial charge is 0.544 e. The summed E-state index contributed by atoms with van der Waals surface area (Å²) in [5.41, 5.74) is 0. The second kappa shape index (κ2) is 11.2. The van der Waals surface area contributed by atoms with Gasteiger partial charge in [-0.25, -0.2) is 0 Å². The van der Waals surface area contributed by atoms with Crippen molar-refractivity contribution in [3.63, 3.8) is 0 Å². The number of carbonyl (C=O) groups is 1. The van der Waals surface area contributed by atoms with E-state index in [0.29, 0.717) is 0 Å². The zero-order chi connectivity index (χ0) is 22.1. The molecule has 11 atom stereocenters. The van der Waals surface area contributed by atoms with Crippen LogP contribution in [0.2, 0.25) is 0 Å². The molecular formula is C15H25NaO14. The predicted molar refractivity (Wildman–Crippen MR) is 83.2 cm³/mol. The van der Waals surface area contributed by atoms with Crippen molar-refractivity contribution in [2.75, 3.05) is 13.2 Å². The zero-order valence-electron chi connectivity index (χ0n) is 16.0. The minimum Gasteiger partial charge on any atom is -0.544 e. The summed E-state index contributed by atoms with van der Waals surface area (Å²) in [7, 11) is 0. The number of aliphatic hydroxyl groups is 9. The van der Waals surface area contributed by atoms with Crippen molar-refractivity contribution in [1.29, 1.82) is 0 Å². The van der Waals surface area contributed by atoms with Crippen LogP contribution in [0.25, 0.3) is 0 Å². The van der Waals surface area contributed by atoms with Gasteiger partial charge in [0.15, 0.2) is 6.29 Å². The first-order valence-electron chi connectivity index (χ1n) is 8.69. The van der Waals surface area contributed by atoms with Gasteiger partial charge < -0.3 is 70.1 Å². The van der Waals surface area contributed by atoms with Crippen LogP contribution in [0.15, 0.2) is 0 Å². The molecule has 14 nitrogen and oxygen atoms in total. The minimum atomic E-state index is -3.03. The standard InChI is InChI=1S/C15H26O14.Na/c16-2-6-9(21)10(22)11(23)13(28-6)27-3-5(18)8(20)12-7(19)4(17)1-15(26,29-12)14(24)25;/h4-13,16-23,26H,1-3H2,(H,24,25);/q;+1/p-1/t4-,5+,6+,7+,8+,9-,10-,11+,12+,13+,15-;/m0./s1. The number of hydrogen-bond donors (Lipinski definition) is 9. The molecule has 2 aliphatic rings. The molecule has 15 heteroatoms. The first kappa shape index (κ1) is 28.0. The van der Waals surface area contributed by atoms with Crippen LogP contribution in [0.3, 0.4) is 0 Å². The Morgan fingerprint density at radius 1 is 1.10 bits per heavy atom. The van der Waals surface area contributed by atoms with Crippen LogP contribution in [-0.4, -0.2) is 132 Å². The van der Waals surface area contributed by atoms with Gasteiger partial charge in [-0.05, 0) is 0 Å². The Hall–Kier alpha value is -0.0100. The van der Waals surface area contributed by atoms with E-state index in [1.807, 2.05) is 0 Å². The normalized spacial score (nSPS) is 44.0. The molecule has 2 heterocycles. The van der Waals surface area contributed by atoms with E-state index >= 15 is 0 Å². The van der Waals surface area contributed by atoms with Crippen molar-refractivity contribution < 1.29 is 99.6 Å². The first-order valence-corrected chi connectivity index (χ1v) is 8.69. The van der Waals surface area contributed by atoms with Crippen LogP contribution in [0.5, 0.6) is 0 Å². The molecule has 0 aromatic heterocycles. The summed E-state index contributed by atoms with van der Waals surface area (Å²) in [6.07, 6.45) is -18.7. The Bertz CT molecular complexity index is 565. The average molecular weight is 452 g/mol. The molecule has 2 aliphatic heterocycles. The number of ether oxygens (including phenoxy) is 3. The van der Waals surface area contributed by atoms with E-state index in [0.717, 1.165) is 0 Å². The van der Waals surface area contributed by atoms with Gasteiger partial charge in [0.1, 0.15) is 54.8 Å². The maximum atomic E-state index is 11.0. The maximum absolute atomic E-state index is 11.0. The summed E-state index contributed by atoms with van der Waals surface area (Å²) in [6.45, 7) is -1.55. The summed E-state index contributed by atoms with van der Waals surface area (Å²) >= 11 is 0. The van der Waals surface area contributed by atoms with E-state index in [1.54, 1.807) is 0 Å². The van der Waals surface area contributed by atoms with Crippen molar-refractivity contribution in [1.82, 2.24) is 0 Å². The molecule has 170 valence electrons. The van der Waals surface area contributed by atoms with Crippen LogP contribution in [0.4, 0.5) is 0 Å². The zero-order valence-corrected chi connectivity index (χ0v) is 18.0. The fraction of sp³-hybridized carbons (Fsp3) is 0.933. The number of carbonyl (C=O) groups excluding carboxylic acids is 1. The van der Waals surface area contributed by atoms with Crippen molar-refractivity contribution in [2.45, 2.75) is 73.4 Å². The molecule has 0 radical (unpaired) electrons. The van der Waals surface area contributed by atoms with Crippen LogP contribution < -0.4 is 34.7 Å². The van der Waals surface area contributed by atoms with E-state index in [-0.39, 0.29) is 29.6 Å². The molecular weight excluding hydrogens is 427 g/mol. The van der Waals surface area contributed by atoms with E-state index in [4.69, 9.17) is 19.3 Å². The van der Waals surface area contributed by atoms with Gasteiger partial charge in [-0.1, -0.05) is 0 Å².